The van der Waals surface area contributed by atoms with Crippen molar-refractivity contribution in [1.82, 2.24) is 10.3 Å². The van der Waals surface area contributed by atoms with Crippen LogP contribution in [0.5, 0.6) is 0 Å². The van der Waals surface area contributed by atoms with Crippen LogP contribution in [0.4, 0.5) is 0 Å². The highest BCUT2D eigenvalue weighted by Crippen LogP contribution is 2.24. The van der Waals surface area contributed by atoms with Crippen molar-refractivity contribution < 1.29 is 0 Å². The standard InChI is InChI=1S/C15H22N2S/c1-5-15(3,4)10-17-11(2)12-8-14-13(16-9-12)6-7-18-14/h6-9,11,17H,5,10H2,1-4H3. The van der Waals surface area contributed by atoms with Crippen LogP contribution >= 0.6 is 11.3 Å². The van der Waals surface area contributed by atoms with Crippen molar-refractivity contribution in [3.8, 4) is 0 Å². The van der Waals surface area contributed by atoms with E-state index in [1.165, 1.54) is 16.7 Å². The van der Waals surface area contributed by atoms with Crippen LogP contribution in [0.15, 0.2) is 23.7 Å². The number of hydrogen-bond acceptors (Lipinski definition) is 3. The average molecular weight is 262 g/mol. The molecule has 3 heteroatoms. The van der Waals surface area contributed by atoms with Crippen molar-refractivity contribution in [1.29, 1.82) is 0 Å². The lowest BCUT2D eigenvalue weighted by Crippen LogP contribution is -2.30. The zero-order valence-corrected chi connectivity index (χ0v) is 12.5. The number of thiophene rings is 1. The van der Waals surface area contributed by atoms with Crippen molar-refractivity contribution in [3.63, 3.8) is 0 Å². The Labute approximate surface area is 113 Å². The molecule has 0 saturated carbocycles. The summed E-state index contributed by atoms with van der Waals surface area (Å²) < 4.78 is 1.27. The highest BCUT2D eigenvalue weighted by atomic mass is 32.1. The fourth-order valence-corrected chi connectivity index (χ4v) is 2.56. The fraction of sp³-hybridized carbons (Fsp3) is 0.533. The number of nitrogens with one attached hydrogen (secondary N) is 1. The van der Waals surface area contributed by atoms with Crippen LogP contribution in [0.1, 0.15) is 45.7 Å². The third-order valence-electron chi connectivity index (χ3n) is 3.67. The molecule has 1 unspecified atom stereocenters. The van der Waals surface area contributed by atoms with Crippen LogP contribution in [0.25, 0.3) is 10.2 Å². The molecule has 0 aliphatic heterocycles. The van der Waals surface area contributed by atoms with Crippen LogP contribution in [0, 0.1) is 5.41 Å². The molecule has 1 atom stereocenters. The second kappa shape index (κ2) is 5.37. The van der Waals surface area contributed by atoms with Gasteiger partial charge in [-0.2, -0.15) is 0 Å². The molecular formula is C15H22N2S. The summed E-state index contributed by atoms with van der Waals surface area (Å²) in [6.45, 7) is 10.1. The number of rotatable bonds is 5. The smallest absolute Gasteiger partial charge is 0.0809 e. The minimum Gasteiger partial charge on any atom is -0.310 e. The zero-order chi connectivity index (χ0) is 13.2. The molecule has 2 aromatic heterocycles. The molecule has 98 valence electrons. The SMILES string of the molecule is CCC(C)(C)CNC(C)c1cnc2ccsc2c1. The molecule has 0 amide bonds. The van der Waals surface area contributed by atoms with Crippen LogP contribution in [0.3, 0.4) is 0 Å². The Balaban J connectivity index is 2.06. The van der Waals surface area contributed by atoms with Crippen LogP contribution in [-0.4, -0.2) is 11.5 Å². The number of aromatic nitrogens is 1. The highest BCUT2D eigenvalue weighted by molar-refractivity contribution is 7.17. The van der Waals surface area contributed by atoms with Gasteiger partial charge in [-0.1, -0.05) is 20.8 Å². The summed E-state index contributed by atoms with van der Waals surface area (Å²) in [5, 5.41) is 5.71. The van der Waals surface area contributed by atoms with Crippen LogP contribution < -0.4 is 5.32 Å². The van der Waals surface area contributed by atoms with E-state index in [1.807, 2.05) is 6.20 Å². The first-order valence-corrected chi connectivity index (χ1v) is 7.46. The monoisotopic (exact) mass is 262 g/mol. The molecule has 0 fully saturated rings. The normalized spacial score (nSPS) is 14.0. The molecule has 0 bridgehead atoms. The van der Waals surface area contributed by atoms with Crippen molar-refractivity contribution >= 4 is 21.6 Å². The van der Waals surface area contributed by atoms with Crippen molar-refractivity contribution in [2.24, 2.45) is 5.41 Å². The summed E-state index contributed by atoms with van der Waals surface area (Å²) in [5.41, 5.74) is 2.73. The predicted molar refractivity (Wildman–Crippen MR) is 80.1 cm³/mol. The summed E-state index contributed by atoms with van der Waals surface area (Å²) in [6, 6.07) is 4.68. The second-order valence-corrected chi connectivity index (χ2v) is 6.64. The Morgan fingerprint density at radius 3 is 2.94 bits per heavy atom. The zero-order valence-electron chi connectivity index (χ0n) is 11.7. The third kappa shape index (κ3) is 3.09. The van der Waals surface area contributed by atoms with Crippen LogP contribution in [0.2, 0.25) is 0 Å². The molecule has 0 aliphatic rings. The molecule has 0 radical (unpaired) electrons. The Morgan fingerprint density at radius 1 is 1.44 bits per heavy atom. The van der Waals surface area contributed by atoms with E-state index in [4.69, 9.17) is 0 Å². The number of nitrogens with zero attached hydrogens (tertiary/aromatic N) is 1. The van der Waals surface area contributed by atoms with Crippen molar-refractivity contribution in [2.75, 3.05) is 6.54 Å². The van der Waals surface area contributed by atoms with Crippen molar-refractivity contribution in [2.45, 2.75) is 40.2 Å². The van der Waals surface area contributed by atoms with E-state index in [2.05, 4.69) is 55.5 Å². The first kappa shape index (κ1) is 13.5. The average Bonchev–Trinajstić information content (AvgIpc) is 2.83. The summed E-state index contributed by atoms with van der Waals surface area (Å²) in [5.74, 6) is 0. The molecule has 2 rings (SSSR count). The summed E-state index contributed by atoms with van der Waals surface area (Å²) in [7, 11) is 0. The first-order chi connectivity index (χ1) is 8.52. The van der Waals surface area contributed by atoms with Gasteiger partial charge in [0.15, 0.2) is 0 Å². The lowest BCUT2D eigenvalue weighted by molar-refractivity contribution is 0.314. The van der Waals surface area contributed by atoms with E-state index in [0.717, 1.165) is 12.1 Å². The molecule has 18 heavy (non-hydrogen) atoms. The van der Waals surface area contributed by atoms with E-state index >= 15 is 0 Å². The minimum absolute atomic E-state index is 0.356. The van der Waals surface area contributed by atoms with Gasteiger partial charge in [0.2, 0.25) is 0 Å². The van der Waals surface area contributed by atoms with Crippen molar-refractivity contribution in [3.05, 3.63) is 29.3 Å². The molecule has 1 N–H and O–H groups in total. The highest BCUT2D eigenvalue weighted by Gasteiger charge is 2.16. The van der Waals surface area contributed by atoms with Gasteiger partial charge in [-0.25, -0.2) is 0 Å². The van der Waals surface area contributed by atoms with E-state index in [-0.39, 0.29) is 0 Å². The first-order valence-electron chi connectivity index (χ1n) is 6.58. The van der Waals surface area contributed by atoms with Gasteiger partial charge in [0.05, 0.1) is 10.2 Å². The molecule has 0 aliphatic carbocycles. The summed E-state index contributed by atoms with van der Waals surface area (Å²) >= 11 is 1.76. The lowest BCUT2D eigenvalue weighted by atomic mass is 9.90. The Morgan fingerprint density at radius 2 is 2.22 bits per heavy atom. The maximum atomic E-state index is 4.50. The van der Waals surface area contributed by atoms with Gasteiger partial charge in [-0.05, 0) is 41.8 Å². The Bertz CT molecular complexity index is 516. The largest absolute Gasteiger partial charge is 0.310 e. The molecule has 0 saturated heterocycles. The maximum absolute atomic E-state index is 4.50. The number of pyridine rings is 1. The van der Waals surface area contributed by atoms with Gasteiger partial charge >= 0.3 is 0 Å². The fourth-order valence-electron chi connectivity index (χ4n) is 1.77. The Hall–Kier alpha value is -0.930. The topological polar surface area (TPSA) is 24.9 Å². The molecule has 2 heterocycles. The van der Waals surface area contributed by atoms with E-state index in [0.29, 0.717) is 11.5 Å². The quantitative estimate of drug-likeness (QED) is 0.864. The van der Waals surface area contributed by atoms with Gasteiger partial charge in [0.25, 0.3) is 0 Å². The predicted octanol–water partition coefficient (Wildman–Crippen LogP) is 4.38. The summed E-state index contributed by atoms with van der Waals surface area (Å²) in [4.78, 5) is 4.50. The van der Waals surface area contributed by atoms with E-state index < -0.39 is 0 Å². The molecule has 0 aromatic carbocycles. The maximum Gasteiger partial charge on any atom is 0.0809 e. The summed E-state index contributed by atoms with van der Waals surface area (Å²) in [6.07, 6.45) is 3.18. The number of fused-ring (bicyclic) bond motifs is 1. The van der Waals surface area contributed by atoms with Gasteiger partial charge in [0.1, 0.15) is 0 Å². The van der Waals surface area contributed by atoms with E-state index in [9.17, 15) is 0 Å². The molecule has 0 spiro atoms. The molecule has 2 nitrogen and oxygen atoms in total. The van der Waals surface area contributed by atoms with Crippen LogP contribution in [-0.2, 0) is 0 Å². The lowest BCUT2D eigenvalue weighted by Gasteiger charge is -2.25. The second-order valence-electron chi connectivity index (χ2n) is 5.69. The van der Waals surface area contributed by atoms with Gasteiger partial charge < -0.3 is 5.32 Å². The van der Waals surface area contributed by atoms with Gasteiger partial charge in [0, 0.05) is 18.8 Å². The minimum atomic E-state index is 0.356. The molecule has 2 aromatic rings. The Kier molecular flexibility index (Phi) is 4.03. The van der Waals surface area contributed by atoms with Gasteiger partial charge in [-0.15, -0.1) is 11.3 Å². The van der Waals surface area contributed by atoms with E-state index in [1.54, 1.807) is 11.3 Å². The number of hydrogen-bond donors (Lipinski definition) is 1. The van der Waals surface area contributed by atoms with Gasteiger partial charge in [-0.3, -0.25) is 4.98 Å². The third-order valence-corrected chi connectivity index (χ3v) is 4.52. The molecular weight excluding hydrogens is 240 g/mol.